The summed E-state index contributed by atoms with van der Waals surface area (Å²) in [6.07, 6.45) is 1.80. The van der Waals surface area contributed by atoms with E-state index in [2.05, 4.69) is 24.3 Å². The van der Waals surface area contributed by atoms with Crippen LogP contribution in [0.2, 0.25) is 10.0 Å². The molecule has 0 atom stereocenters. The van der Waals surface area contributed by atoms with E-state index in [0.717, 1.165) is 6.54 Å². The summed E-state index contributed by atoms with van der Waals surface area (Å²) in [5.41, 5.74) is 0.633. The fourth-order valence-corrected chi connectivity index (χ4v) is 2.51. The van der Waals surface area contributed by atoms with E-state index in [1.165, 1.54) is 0 Å². The van der Waals surface area contributed by atoms with Gasteiger partial charge in [-0.3, -0.25) is 4.79 Å². The summed E-state index contributed by atoms with van der Waals surface area (Å²) in [7, 11) is 0. The van der Waals surface area contributed by atoms with Crippen LogP contribution in [0, 0.1) is 5.92 Å². The number of amides is 1. The van der Waals surface area contributed by atoms with Gasteiger partial charge in [0.1, 0.15) is 5.82 Å². The van der Waals surface area contributed by atoms with Crippen molar-refractivity contribution >= 4 is 34.9 Å². The Bertz CT molecular complexity index is 617. The molecular formula is C15H17Cl2N3O. The average molecular weight is 326 g/mol. The van der Waals surface area contributed by atoms with Crippen molar-refractivity contribution in [2.24, 2.45) is 5.92 Å². The molecule has 1 aromatic carbocycles. The third-order valence-corrected chi connectivity index (χ3v) is 3.63. The molecule has 1 N–H and O–H groups in total. The SMILES string of the molecule is CC(C)Cn1nccc1NC(=O)Cc1c(Cl)cccc1Cl. The van der Waals surface area contributed by atoms with Gasteiger partial charge in [0, 0.05) is 22.7 Å². The molecule has 0 aliphatic rings. The van der Waals surface area contributed by atoms with E-state index in [1.807, 2.05) is 0 Å². The normalized spacial score (nSPS) is 10.9. The minimum absolute atomic E-state index is 0.130. The number of anilines is 1. The molecule has 0 saturated heterocycles. The molecule has 0 spiro atoms. The number of carbonyl (C=O) groups is 1. The Kier molecular flexibility index (Phi) is 5.26. The Balaban J connectivity index is 2.07. The summed E-state index contributed by atoms with van der Waals surface area (Å²) >= 11 is 12.1. The highest BCUT2D eigenvalue weighted by atomic mass is 35.5. The molecule has 2 aromatic rings. The average Bonchev–Trinajstić information content (AvgIpc) is 2.80. The number of carbonyl (C=O) groups excluding carboxylic acids is 1. The van der Waals surface area contributed by atoms with Crippen LogP contribution >= 0.6 is 23.2 Å². The fourth-order valence-electron chi connectivity index (χ4n) is 1.98. The lowest BCUT2D eigenvalue weighted by atomic mass is 10.1. The van der Waals surface area contributed by atoms with Gasteiger partial charge in [0.15, 0.2) is 0 Å². The van der Waals surface area contributed by atoms with E-state index in [-0.39, 0.29) is 12.3 Å². The monoisotopic (exact) mass is 325 g/mol. The van der Waals surface area contributed by atoms with Gasteiger partial charge >= 0.3 is 0 Å². The van der Waals surface area contributed by atoms with Gasteiger partial charge in [-0.1, -0.05) is 43.1 Å². The topological polar surface area (TPSA) is 46.9 Å². The lowest BCUT2D eigenvalue weighted by Gasteiger charge is -2.11. The zero-order valence-corrected chi connectivity index (χ0v) is 13.4. The van der Waals surface area contributed by atoms with Gasteiger partial charge in [-0.15, -0.1) is 0 Å². The lowest BCUT2D eigenvalue weighted by molar-refractivity contribution is -0.115. The first-order valence-corrected chi connectivity index (χ1v) is 7.47. The third kappa shape index (κ3) is 4.22. The Morgan fingerprint density at radius 3 is 2.57 bits per heavy atom. The molecule has 21 heavy (non-hydrogen) atoms. The van der Waals surface area contributed by atoms with Crippen molar-refractivity contribution in [3.05, 3.63) is 46.1 Å². The van der Waals surface area contributed by atoms with E-state index < -0.39 is 0 Å². The zero-order valence-electron chi connectivity index (χ0n) is 11.9. The maximum absolute atomic E-state index is 12.2. The van der Waals surface area contributed by atoms with Crippen LogP contribution in [0.3, 0.4) is 0 Å². The van der Waals surface area contributed by atoms with Crippen LogP contribution in [0.15, 0.2) is 30.5 Å². The fraction of sp³-hybridized carbons (Fsp3) is 0.333. The van der Waals surface area contributed by atoms with E-state index in [4.69, 9.17) is 23.2 Å². The van der Waals surface area contributed by atoms with Crippen LogP contribution in [0.25, 0.3) is 0 Å². The van der Waals surface area contributed by atoms with Crippen molar-refractivity contribution < 1.29 is 4.79 Å². The molecule has 0 fully saturated rings. The quantitative estimate of drug-likeness (QED) is 0.902. The molecule has 0 aliphatic carbocycles. The summed E-state index contributed by atoms with van der Waals surface area (Å²) in [6, 6.07) is 6.97. The Labute approximate surface area is 134 Å². The first-order chi connectivity index (χ1) is 9.97. The Morgan fingerprint density at radius 2 is 1.95 bits per heavy atom. The van der Waals surface area contributed by atoms with Crippen LogP contribution in [-0.4, -0.2) is 15.7 Å². The number of benzene rings is 1. The summed E-state index contributed by atoms with van der Waals surface area (Å²) in [4.78, 5) is 12.2. The van der Waals surface area contributed by atoms with Crippen LogP contribution in [0.5, 0.6) is 0 Å². The third-order valence-electron chi connectivity index (χ3n) is 2.92. The van der Waals surface area contributed by atoms with Crippen LogP contribution in [0.4, 0.5) is 5.82 Å². The van der Waals surface area contributed by atoms with Crippen LogP contribution in [0.1, 0.15) is 19.4 Å². The van der Waals surface area contributed by atoms with Crippen molar-refractivity contribution in [1.29, 1.82) is 0 Å². The van der Waals surface area contributed by atoms with Crippen molar-refractivity contribution in [1.82, 2.24) is 9.78 Å². The van der Waals surface area contributed by atoms with Gasteiger partial charge in [-0.2, -0.15) is 5.10 Å². The van der Waals surface area contributed by atoms with E-state index in [9.17, 15) is 4.79 Å². The molecule has 2 rings (SSSR count). The number of aromatic nitrogens is 2. The summed E-state index contributed by atoms with van der Waals surface area (Å²) < 4.78 is 1.77. The zero-order chi connectivity index (χ0) is 15.4. The molecule has 4 nitrogen and oxygen atoms in total. The van der Waals surface area contributed by atoms with E-state index >= 15 is 0 Å². The summed E-state index contributed by atoms with van der Waals surface area (Å²) in [5, 5.41) is 8.03. The highest BCUT2D eigenvalue weighted by Crippen LogP contribution is 2.25. The van der Waals surface area contributed by atoms with E-state index in [1.54, 1.807) is 35.1 Å². The van der Waals surface area contributed by atoms with Gasteiger partial charge in [0.25, 0.3) is 0 Å². The molecule has 1 heterocycles. The largest absolute Gasteiger partial charge is 0.311 e. The number of nitrogens with one attached hydrogen (secondary N) is 1. The maximum Gasteiger partial charge on any atom is 0.230 e. The van der Waals surface area contributed by atoms with Gasteiger partial charge in [0.2, 0.25) is 5.91 Å². The second kappa shape index (κ2) is 6.96. The van der Waals surface area contributed by atoms with Crippen molar-refractivity contribution in [2.75, 3.05) is 5.32 Å². The predicted octanol–water partition coefficient (Wildman–Crippen LogP) is 4.03. The van der Waals surface area contributed by atoms with Crippen molar-refractivity contribution in [3.8, 4) is 0 Å². The van der Waals surface area contributed by atoms with Gasteiger partial charge in [-0.05, 0) is 23.6 Å². The Hall–Kier alpha value is -1.52. The summed E-state index contributed by atoms with van der Waals surface area (Å²) in [5.74, 6) is 0.950. The predicted molar refractivity (Wildman–Crippen MR) is 85.9 cm³/mol. The Morgan fingerprint density at radius 1 is 1.29 bits per heavy atom. The number of halogens is 2. The molecule has 0 bridgehead atoms. The molecule has 0 radical (unpaired) electrons. The van der Waals surface area contributed by atoms with Gasteiger partial charge in [-0.25, -0.2) is 4.68 Å². The lowest BCUT2D eigenvalue weighted by Crippen LogP contribution is -2.19. The summed E-state index contributed by atoms with van der Waals surface area (Å²) in [6.45, 7) is 4.93. The molecule has 0 aliphatic heterocycles. The highest BCUT2D eigenvalue weighted by molar-refractivity contribution is 6.36. The molecule has 1 aromatic heterocycles. The molecule has 0 unspecified atom stereocenters. The van der Waals surface area contributed by atoms with Crippen molar-refractivity contribution in [3.63, 3.8) is 0 Å². The molecule has 0 saturated carbocycles. The first kappa shape index (κ1) is 15.9. The molecule has 1 amide bonds. The first-order valence-electron chi connectivity index (χ1n) is 6.72. The van der Waals surface area contributed by atoms with Gasteiger partial charge in [0.05, 0.1) is 12.6 Å². The van der Waals surface area contributed by atoms with Crippen LogP contribution in [-0.2, 0) is 17.8 Å². The highest BCUT2D eigenvalue weighted by Gasteiger charge is 2.13. The van der Waals surface area contributed by atoms with Crippen molar-refractivity contribution in [2.45, 2.75) is 26.8 Å². The second-order valence-corrected chi connectivity index (χ2v) is 6.03. The molecule has 6 heteroatoms. The number of hydrogen-bond acceptors (Lipinski definition) is 2. The molecular weight excluding hydrogens is 309 g/mol. The van der Waals surface area contributed by atoms with Crippen LogP contribution < -0.4 is 5.32 Å². The minimum atomic E-state index is -0.171. The maximum atomic E-state index is 12.2. The second-order valence-electron chi connectivity index (χ2n) is 5.22. The number of nitrogens with zero attached hydrogens (tertiary/aromatic N) is 2. The smallest absolute Gasteiger partial charge is 0.230 e. The standard InChI is InChI=1S/C15H17Cl2N3O/c1-10(2)9-20-14(6-7-18-20)19-15(21)8-11-12(16)4-3-5-13(11)17/h3-7,10H,8-9H2,1-2H3,(H,19,21). The minimum Gasteiger partial charge on any atom is -0.311 e. The molecule has 112 valence electrons. The van der Waals surface area contributed by atoms with E-state index in [0.29, 0.717) is 27.3 Å². The number of hydrogen-bond donors (Lipinski definition) is 1. The number of rotatable bonds is 5. The van der Waals surface area contributed by atoms with Gasteiger partial charge < -0.3 is 5.32 Å².